The van der Waals surface area contributed by atoms with Crippen molar-refractivity contribution in [1.29, 1.82) is 0 Å². The molecule has 1 aliphatic carbocycles. The van der Waals surface area contributed by atoms with Gasteiger partial charge in [-0.15, -0.1) is 0 Å². The highest BCUT2D eigenvalue weighted by Crippen LogP contribution is 2.33. The van der Waals surface area contributed by atoms with Gasteiger partial charge in [0.05, 0.1) is 0 Å². The van der Waals surface area contributed by atoms with Crippen molar-refractivity contribution in [3.8, 4) is 0 Å². The zero-order chi connectivity index (χ0) is 14.7. The van der Waals surface area contributed by atoms with Crippen LogP contribution in [0.25, 0.3) is 0 Å². The highest BCUT2D eigenvalue weighted by atomic mass is 35.5. The van der Waals surface area contributed by atoms with Crippen LogP contribution in [0.15, 0.2) is 24.3 Å². The van der Waals surface area contributed by atoms with Crippen LogP contribution in [0.4, 0.5) is 0 Å². The normalized spacial score (nSPS) is 17.4. The first-order chi connectivity index (χ1) is 9.20. The van der Waals surface area contributed by atoms with Gasteiger partial charge in [0.2, 0.25) is 6.41 Å². The van der Waals surface area contributed by atoms with Gasteiger partial charge in [-0.1, -0.05) is 36.2 Å². The number of primary amides is 1. The average Bonchev–Trinajstić information content (AvgIpc) is 2.43. The summed E-state index contributed by atoms with van der Waals surface area (Å²) >= 11 is 6.07. The Kier molecular flexibility index (Phi) is 9.75. The number of ketones is 1. The summed E-state index contributed by atoms with van der Waals surface area (Å²) in [5.74, 6) is 0.404. The van der Waals surface area contributed by atoms with Gasteiger partial charge in [0.1, 0.15) is 5.78 Å². The third-order valence-electron chi connectivity index (χ3n) is 2.84. The average molecular weight is 286 g/mol. The van der Waals surface area contributed by atoms with Gasteiger partial charge in [-0.25, -0.2) is 0 Å². The summed E-state index contributed by atoms with van der Waals surface area (Å²) in [6, 6.07) is 7.68. The smallest absolute Gasteiger partial charge is 0.204 e. The van der Waals surface area contributed by atoms with Crippen molar-refractivity contribution >= 4 is 23.8 Å². The van der Waals surface area contributed by atoms with E-state index in [9.17, 15) is 4.79 Å². The lowest BCUT2D eigenvalue weighted by molar-refractivity contribution is -0.121. The molecular weight excluding hydrogens is 266 g/mol. The number of carbonyl (C=O) groups excluding carboxylic acids is 2. The van der Waals surface area contributed by atoms with Crippen LogP contribution in [0.5, 0.6) is 0 Å². The van der Waals surface area contributed by atoms with E-state index < -0.39 is 0 Å². The number of hydrogen-bond donors (Lipinski definition) is 2. The van der Waals surface area contributed by atoms with Gasteiger partial charge in [-0.05, 0) is 24.5 Å². The molecular formula is C14H20ClNO3. The van der Waals surface area contributed by atoms with Gasteiger partial charge in [0.25, 0.3) is 0 Å². The lowest BCUT2D eigenvalue weighted by Crippen LogP contribution is -2.17. The van der Waals surface area contributed by atoms with Gasteiger partial charge in [-0.2, -0.15) is 0 Å². The second-order valence-electron chi connectivity index (χ2n) is 3.92. The van der Waals surface area contributed by atoms with Gasteiger partial charge < -0.3 is 10.8 Å². The second-order valence-corrected chi connectivity index (χ2v) is 4.33. The van der Waals surface area contributed by atoms with Gasteiger partial charge in [0, 0.05) is 24.5 Å². The van der Waals surface area contributed by atoms with Crippen molar-refractivity contribution in [3.05, 3.63) is 34.9 Å². The summed E-state index contributed by atoms with van der Waals surface area (Å²) in [7, 11) is 1.00. The topological polar surface area (TPSA) is 80.4 Å². The number of halogens is 1. The molecule has 0 radical (unpaired) electrons. The second kappa shape index (κ2) is 10.5. The van der Waals surface area contributed by atoms with Crippen molar-refractivity contribution in [2.45, 2.75) is 31.6 Å². The molecule has 5 heteroatoms. The maximum absolute atomic E-state index is 11.7. The quantitative estimate of drug-likeness (QED) is 0.777. The van der Waals surface area contributed by atoms with Crippen LogP contribution in [0.3, 0.4) is 0 Å². The molecule has 1 saturated carbocycles. The SMILES string of the molecule is CO.NC=O.O=C1CCCCC1c1ccccc1Cl. The first-order valence-electron chi connectivity index (χ1n) is 6.08. The standard InChI is InChI=1S/C12H13ClO.CH3NO.CH4O/c13-11-7-3-1-5-9(11)10-6-2-4-8-12(10)14;2-1-3;1-2/h1,3,5,7,10H,2,4,6,8H2;1H,(H2,2,3);2H,1H3. The first kappa shape index (κ1) is 17.6. The zero-order valence-electron chi connectivity index (χ0n) is 11.0. The molecule has 2 rings (SSSR count). The molecule has 0 aromatic heterocycles. The molecule has 19 heavy (non-hydrogen) atoms. The predicted octanol–water partition coefficient (Wildman–Crippen LogP) is 2.28. The largest absolute Gasteiger partial charge is 0.400 e. The van der Waals surface area contributed by atoms with Crippen molar-refractivity contribution in [2.75, 3.05) is 7.11 Å². The third-order valence-corrected chi connectivity index (χ3v) is 3.18. The van der Waals surface area contributed by atoms with E-state index in [0.29, 0.717) is 5.78 Å². The van der Waals surface area contributed by atoms with E-state index in [1.165, 1.54) is 0 Å². The van der Waals surface area contributed by atoms with E-state index in [1.54, 1.807) is 0 Å². The predicted molar refractivity (Wildman–Crippen MR) is 76.1 cm³/mol. The molecule has 0 heterocycles. The van der Waals surface area contributed by atoms with E-state index in [2.05, 4.69) is 5.73 Å². The Labute approximate surface area is 118 Å². The fraction of sp³-hybridized carbons (Fsp3) is 0.429. The molecule has 0 spiro atoms. The van der Waals surface area contributed by atoms with Gasteiger partial charge in [-0.3, -0.25) is 9.59 Å². The summed E-state index contributed by atoms with van der Waals surface area (Å²) < 4.78 is 0. The highest BCUT2D eigenvalue weighted by Gasteiger charge is 2.24. The Hall–Kier alpha value is -1.39. The van der Waals surface area contributed by atoms with Crippen LogP contribution in [-0.2, 0) is 9.59 Å². The minimum absolute atomic E-state index is 0.0532. The lowest BCUT2D eigenvalue weighted by atomic mass is 9.83. The molecule has 3 N–H and O–H groups in total. The fourth-order valence-electron chi connectivity index (χ4n) is 2.07. The van der Waals surface area contributed by atoms with Crippen LogP contribution in [0.2, 0.25) is 5.02 Å². The Morgan fingerprint density at radius 1 is 1.32 bits per heavy atom. The zero-order valence-corrected chi connectivity index (χ0v) is 11.8. The molecule has 1 aliphatic rings. The Morgan fingerprint density at radius 3 is 2.42 bits per heavy atom. The summed E-state index contributed by atoms with van der Waals surface area (Å²) in [4.78, 5) is 20.3. The number of carbonyl (C=O) groups is 2. The molecule has 1 amide bonds. The number of nitrogens with two attached hydrogens (primary N) is 1. The van der Waals surface area contributed by atoms with Crippen LogP contribution in [-0.4, -0.2) is 24.4 Å². The van der Waals surface area contributed by atoms with E-state index >= 15 is 0 Å². The van der Waals surface area contributed by atoms with E-state index in [0.717, 1.165) is 43.4 Å². The monoisotopic (exact) mass is 285 g/mol. The molecule has 1 aromatic rings. The summed E-state index contributed by atoms with van der Waals surface area (Å²) in [6.45, 7) is 0. The third kappa shape index (κ3) is 5.85. The number of aliphatic hydroxyl groups is 1. The van der Waals surface area contributed by atoms with E-state index in [4.69, 9.17) is 21.5 Å². The summed E-state index contributed by atoms with van der Waals surface area (Å²) in [5, 5.41) is 7.73. The highest BCUT2D eigenvalue weighted by molar-refractivity contribution is 6.31. The number of Topliss-reactive ketones (excluding diaryl/α,β-unsaturated/α-hetero) is 1. The lowest BCUT2D eigenvalue weighted by Gasteiger charge is -2.21. The Bertz CT molecular complexity index is 396. The van der Waals surface area contributed by atoms with E-state index in [-0.39, 0.29) is 12.3 Å². The molecule has 1 atom stereocenters. The number of benzene rings is 1. The van der Waals surface area contributed by atoms with Crippen molar-refractivity contribution in [3.63, 3.8) is 0 Å². The molecule has 4 nitrogen and oxygen atoms in total. The number of rotatable bonds is 1. The number of hydrogen-bond acceptors (Lipinski definition) is 3. The molecule has 1 unspecified atom stereocenters. The molecule has 0 saturated heterocycles. The summed E-state index contributed by atoms with van der Waals surface area (Å²) in [6.07, 6.45) is 4.11. The minimum atomic E-state index is 0.0532. The van der Waals surface area contributed by atoms with Crippen LogP contribution < -0.4 is 5.73 Å². The molecule has 0 aliphatic heterocycles. The van der Waals surface area contributed by atoms with Crippen LogP contribution in [0, 0.1) is 0 Å². The number of amides is 1. The van der Waals surface area contributed by atoms with Crippen LogP contribution >= 0.6 is 11.6 Å². The van der Waals surface area contributed by atoms with E-state index in [1.807, 2.05) is 24.3 Å². The van der Waals surface area contributed by atoms with Crippen molar-refractivity contribution in [1.82, 2.24) is 0 Å². The summed E-state index contributed by atoms with van der Waals surface area (Å²) in [5.41, 5.74) is 5.18. The molecule has 0 bridgehead atoms. The molecule has 1 aromatic carbocycles. The van der Waals surface area contributed by atoms with Crippen molar-refractivity contribution in [2.24, 2.45) is 5.73 Å². The molecule has 1 fully saturated rings. The van der Waals surface area contributed by atoms with Gasteiger partial charge >= 0.3 is 0 Å². The van der Waals surface area contributed by atoms with Crippen LogP contribution in [0.1, 0.15) is 37.2 Å². The molecule has 106 valence electrons. The number of aliphatic hydroxyl groups excluding tert-OH is 1. The minimum Gasteiger partial charge on any atom is -0.400 e. The van der Waals surface area contributed by atoms with Crippen molar-refractivity contribution < 1.29 is 14.7 Å². The van der Waals surface area contributed by atoms with Gasteiger partial charge in [0.15, 0.2) is 0 Å². The first-order valence-corrected chi connectivity index (χ1v) is 6.45. The fourth-order valence-corrected chi connectivity index (χ4v) is 2.34. The maximum atomic E-state index is 11.7. The Balaban J connectivity index is 0.000000573. The maximum Gasteiger partial charge on any atom is 0.204 e. The Morgan fingerprint density at radius 2 is 1.89 bits per heavy atom.